The molecule has 23 N–H and O–H groups in total. The molecule has 674 valence electrons. The van der Waals surface area contributed by atoms with Gasteiger partial charge in [0.15, 0.2) is 0 Å². The quantitative estimate of drug-likeness (QED) is 0.0171. The number of aromatic hydroxyl groups is 1. The van der Waals surface area contributed by atoms with Crippen LogP contribution in [0.1, 0.15) is 122 Å². The summed E-state index contributed by atoms with van der Waals surface area (Å²) in [6, 6.07) is -2.39. The fraction of sp³-hybridized carbons (Fsp3) is 0.506. The standard InChI is InChI=1S/C81H110N18O23S2/c1-39(2)29-53(71(111)94-58(37-123)75(115)93-57(81(121)122)33-62(83)102)89-72(112)54(30-43-19-21-46(101)22-20-43)90-73(113)55(31-44-35-84-49-15-9-7-13-47(44)49)91-69(109)51(23-25-64(104)105)87-68(108)41(5)86-78(118)66(40(3)4)96-77(117)61-18-12-28-99(61)80(120)56(32-45-36-85-50-16-10-8-14-48(45)50)92-74(114)59(38-124)95-79(119)67(42(6)100)97-70(110)52(24-26-65(106)107)88-76(116)60-17-11-27-98(60)63(103)34-82/h7-10,13-16,19-22,35-36,39-42,51-61,66-67,84-85,100-101,123-124H,11-12,17-18,23-34,37-38,82H2,1-6H3,(H2,83,102)(H,86,118)(H,87,108)(H,88,116)(H,89,112)(H,90,113)(H,91,109)(H,92,114)(H,93,115)(H,94,111)(H,95,119)(H,96,117)(H,97,110)(H,104,105)(H,106,107)(H,121,122)/t41-,42+,51-,52-,53-,54-,55-,56-,57-,58-,59-,60-,61-,66-,67-/m0/s1. The number of thiol groups is 2. The smallest absolute Gasteiger partial charge is 0.326 e. The normalized spacial score (nSPS) is 16.9. The summed E-state index contributed by atoms with van der Waals surface area (Å²) in [6.45, 7) is 8.64. The van der Waals surface area contributed by atoms with E-state index in [4.69, 9.17) is 11.5 Å². The number of carbonyl (C=O) groups is 18. The number of aromatic amines is 2. The number of carbonyl (C=O) groups excluding carboxylic acids is 15. The second kappa shape index (κ2) is 46.8. The van der Waals surface area contributed by atoms with Gasteiger partial charge in [-0.15, -0.1) is 0 Å². The molecule has 15 amide bonds. The number of benzene rings is 3. The van der Waals surface area contributed by atoms with E-state index in [0.717, 1.165) is 6.92 Å². The van der Waals surface area contributed by atoms with E-state index in [9.17, 15) is 102 Å². The van der Waals surface area contributed by atoms with Crippen LogP contribution in [0.3, 0.4) is 0 Å². The lowest BCUT2D eigenvalue weighted by Crippen LogP contribution is -2.62. The SMILES string of the molecule is CC(C)C[C@H](NC(=O)[C@H](Cc1ccc(O)cc1)NC(=O)[C@H](Cc1c[nH]c2ccccc12)NC(=O)[C@H](CCC(=O)O)NC(=O)[C@H](C)NC(=O)[C@@H](NC(=O)[C@@H]1CCCN1C(=O)[C@H](Cc1c[nH]c2ccccc12)NC(=O)[C@H](CS)NC(=O)[C@@H](NC(=O)[C@H](CCC(=O)O)NC(=O)[C@@H]1CCCN1C(=O)CN)[C@@H](C)O)C(C)C)C(=O)N[C@@H](CS)C(=O)N[C@@H](CC(N)=O)C(=O)O. The molecule has 0 saturated carbocycles. The van der Waals surface area contributed by atoms with Gasteiger partial charge in [-0.25, -0.2) is 4.79 Å². The van der Waals surface area contributed by atoms with Gasteiger partial charge in [0.2, 0.25) is 88.6 Å². The monoisotopic (exact) mass is 1770 g/mol. The molecule has 2 saturated heterocycles. The summed E-state index contributed by atoms with van der Waals surface area (Å²) in [5.41, 5.74) is 13.3. The number of likely N-dealkylation sites (tertiary alicyclic amines) is 2. The molecule has 4 heterocycles. The first-order chi connectivity index (χ1) is 58.7. The van der Waals surface area contributed by atoms with Gasteiger partial charge in [-0.05, 0) is 112 Å². The largest absolute Gasteiger partial charge is 0.508 e. The molecular formula is C81H110N18O23S2. The minimum Gasteiger partial charge on any atom is -0.508 e. The number of carboxylic acid groups (broad SMARTS) is 3. The topological polar surface area (TPSA) is 643 Å². The Labute approximate surface area is 723 Å². The number of carboxylic acids is 3. The van der Waals surface area contributed by atoms with Gasteiger partial charge in [-0.1, -0.05) is 76.2 Å². The lowest BCUT2D eigenvalue weighted by Gasteiger charge is -2.31. The zero-order valence-corrected chi connectivity index (χ0v) is 70.9. The van der Waals surface area contributed by atoms with Crippen molar-refractivity contribution in [2.24, 2.45) is 23.3 Å². The Morgan fingerprint density at radius 2 is 0.887 bits per heavy atom. The molecule has 15 atom stereocenters. The van der Waals surface area contributed by atoms with Gasteiger partial charge < -0.3 is 121 Å². The molecule has 41 nitrogen and oxygen atoms in total. The molecule has 3 aromatic carbocycles. The van der Waals surface area contributed by atoms with Gasteiger partial charge in [0.05, 0.1) is 19.1 Å². The van der Waals surface area contributed by atoms with Crippen molar-refractivity contribution in [1.29, 1.82) is 0 Å². The van der Waals surface area contributed by atoms with Gasteiger partial charge >= 0.3 is 17.9 Å². The predicted molar refractivity (Wildman–Crippen MR) is 452 cm³/mol. The molecule has 5 aromatic rings. The van der Waals surface area contributed by atoms with Crippen LogP contribution in [-0.4, -0.2) is 274 Å². The summed E-state index contributed by atoms with van der Waals surface area (Å²) in [5.74, 6) is -20.9. The van der Waals surface area contributed by atoms with Gasteiger partial charge in [0.25, 0.3) is 0 Å². The number of hydrogen-bond acceptors (Lipinski definition) is 23. The van der Waals surface area contributed by atoms with Crippen molar-refractivity contribution < 1.29 is 112 Å². The number of fused-ring (bicyclic) bond motifs is 2. The number of hydrogen-bond donors (Lipinski definition) is 23. The Morgan fingerprint density at radius 1 is 0.468 bits per heavy atom. The van der Waals surface area contributed by atoms with E-state index in [1.165, 1.54) is 41.0 Å². The molecule has 0 unspecified atom stereocenters. The van der Waals surface area contributed by atoms with Gasteiger partial charge in [0.1, 0.15) is 90.3 Å². The summed E-state index contributed by atoms with van der Waals surface area (Å²) in [6.07, 6.45) is -1.87. The van der Waals surface area contributed by atoms with Crippen molar-refractivity contribution in [3.05, 3.63) is 102 Å². The highest BCUT2D eigenvalue weighted by Crippen LogP contribution is 2.26. The second-order valence-electron chi connectivity index (χ2n) is 31.2. The third-order valence-corrected chi connectivity index (χ3v) is 21.7. The maximum absolute atomic E-state index is 15.2. The number of phenolic OH excluding ortho intramolecular Hbond substituents is 1. The number of primary amides is 1. The maximum Gasteiger partial charge on any atom is 0.326 e. The summed E-state index contributed by atoms with van der Waals surface area (Å²) in [4.78, 5) is 256. The number of H-pyrrole nitrogens is 2. The fourth-order valence-electron chi connectivity index (χ4n) is 14.3. The zero-order valence-electron chi connectivity index (χ0n) is 69.2. The van der Waals surface area contributed by atoms with E-state index in [0.29, 0.717) is 44.9 Å². The van der Waals surface area contributed by atoms with E-state index in [-0.39, 0.29) is 69.7 Å². The van der Waals surface area contributed by atoms with Crippen LogP contribution in [0, 0.1) is 11.8 Å². The number of rotatable bonds is 47. The predicted octanol–water partition coefficient (Wildman–Crippen LogP) is -3.21. The Kier molecular flexibility index (Phi) is 37.2. The van der Waals surface area contributed by atoms with E-state index in [1.807, 2.05) is 0 Å². The molecular weight excluding hydrogens is 1660 g/mol. The number of para-hydroxylation sites is 2. The second-order valence-corrected chi connectivity index (χ2v) is 32.0. The molecule has 0 radical (unpaired) electrons. The molecule has 43 heteroatoms. The molecule has 2 aromatic heterocycles. The number of aliphatic hydroxyl groups excluding tert-OH is 1. The highest BCUT2D eigenvalue weighted by atomic mass is 32.1. The highest BCUT2D eigenvalue weighted by molar-refractivity contribution is 7.80. The molecule has 7 rings (SSSR count). The molecule has 0 spiro atoms. The van der Waals surface area contributed by atoms with Crippen molar-refractivity contribution in [3.8, 4) is 5.75 Å². The molecule has 124 heavy (non-hydrogen) atoms. The number of nitrogens with two attached hydrogens (primary N) is 2. The third-order valence-electron chi connectivity index (χ3n) is 21.0. The zero-order chi connectivity index (χ0) is 91.5. The first-order valence-electron chi connectivity index (χ1n) is 40.4. The van der Waals surface area contributed by atoms with Crippen LogP contribution < -0.4 is 75.3 Å². The van der Waals surface area contributed by atoms with Crippen molar-refractivity contribution in [3.63, 3.8) is 0 Å². The van der Waals surface area contributed by atoms with Crippen LogP contribution in [-0.2, 0) is 106 Å². The Hall–Kier alpha value is -12.4. The van der Waals surface area contributed by atoms with Crippen LogP contribution in [0.4, 0.5) is 0 Å². The van der Waals surface area contributed by atoms with Crippen molar-refractivity contribution >= 4 is 154 Å². The summed E-state index contributed by atoms with van der Waals surface area (Å²) in [7, 11) is 0. The van der Waals surface area contributed by atoms with Crippen LogP contribution in [0.5, 0.6) is 5.75 Å². The van der Waals surface area contributed by atoms with Crippen LogP contribution in [0.2, 0.25) is 0 Å². The van der Waals surface area contributed by atoms with Crippen LogP contribution in [0.15, 0.2) is 85.2 Å². The average molecular weight is 1770 g/mol. The van der Waals surface area contributed by atoms with Crippen molar-refractivity contribution in [2.45, 2.75) is 216 Å². The number of phenols is 1. The van der Waals surface area contributed by atoms with E-state index in [2.05, 4.69) is 99.0 Å². The first kappa shape index (κ1) is 98.7. The fourth-order valence-corrected chi connectivity index (χ4v) is 14.8. The minimum absolute atomic E-state index is 0.0387. The Balaban J connectivity index is 1.07. The Bertz CT molecular complexity index is 4720. The maximum atomic E-state index is 15.2. The average Bonchev–Trinajstić information content (AvgIpc) is 1.66. The lowest BCUT2D eigenvalue weighted by molar-refractivity contribution is -0.143. The first-order valence-corrected chi connectivity index (χ1v) is 41.7. The molecule has 2 aliphatic heterocycles. The number of aliphatic carboxylic acids is 3. The number of aromatic nitrogens is 2. The molecule has 2 fully saturated rings. The number of nitrogens with zero attached hydrogens (tertiary/aromatic N) is 2. The number of aliphatic hydroxyl groups is 1. The van der Waals surface area contributed by atoms with E-state index < -0.39 is 253 Å². The Morgan fingerprint density at radius 3 is 1.39 bits per heavy atom. The number of nitrogens with one attached hydrogen (secondary N) is 14. The third kappa shape index (κ3) is 28.3. The summed E-state index contributed by atoms with van der Waals surface area (Å²) >= 11 is 8.48. The summed E-state index contributed by atoms with van der Waals surface area (Å²) in [5, 5.41) is 81.5. The van der Waals surface area contributed by atoms with Crippen LogP contribution >= 0.6 is 25.3 Å². The van der Waals surface area contributed by atoms with Gasteiger partial charge in [0, 0.05) is 90.9 Å². The van der Waals surface area contributed by atoms with Gasteiger partial charge in [-0.3, -0.25) is 81.5 Å². The number of amides is 15. The molecule has 2 aliphatic rings. The van der Waals surface area contributed by atoms with E-state index in [1.54, 1.807) is 88.6 Å². The van der Waals surface area contributed by atoms with Crippen LogP contribution in [0.25, 0.3) is 21.8 Å². The highest BCUT2D eigenvalue weighted by Gasteiger charge is 2.44. The molecule has 0 bridgehead atoms. The lowest BCUT2D eigenvalue weighted by atomic mass is 9.99. The van der Waals surface area contributed by atoms with Gasteiger partial charge in [-0.2, -0.15) is 25.3 Å². The van der Waals surface area contributed by atoms with Crippen molar-refractivity contribution in [2.75, 3.05) is 31.1 Å². The minimum atomic E-state index is -1.86. The molecule has 0 aliphatic carbocycles. The summed E-state index contributed by atoms with van der Waals surface area (Å²) < 4.78 is 0. The van der Waals surface area contributed by atoms with Crippen molar-refractivity contribution in [1.82, 2.24) is 83.6 Å². The van der Waals surface area contributed by atoms with E-state index >= 15 is 9.59 Å².